The first-order chi connectivity index (χ1) is 8.04. The van der Waals surface area contributed by atoms with Gasteiger partial charge in [0.2, 0.25) is 6.41 Å². The van der Waals surface area contributed by atoms with Gasteiger partial charge in [-0.3, -0.25) is 14.2 Å². The van der Waals surface area contributed by atoms with E-state index in [-0.39, 0.29) is 6.42 Å². The van der Waals surface area contributed by atoms with Crippen molar-refractivity contribution in [2.75, 3.05) is 0 Å². The largest absolute Gasteiger partial charge is 0.481 e. The van der Waals surface area contributed by atoms with E-state index in [1.807, 2.05) is 12.1 Å². The lowest BCUT2D eigenvalue weighted by molar-refractivity contribution is -0.136. The molecular weight excluding hydrogens is 286 g/mol. The van der Waals surface area contributed by atoms with Crippen LogP contribution in [0.5, 0.6) is 0 Å². The summed E-state index contributed by atoms with van der Waals surface area (Å²) in [4.78, 5) is 21.9. The molecule has 0 unspecified atom stereocenters. The van der Waals surface area contributed by atoms with Crippen LogP contribution in [0.15, 0.2) is 22.7 Å². The number of rotatable bonds is 3. The van der Waals surface area contributed by atoms with E-state index in [9.17, 15) is 9.59 Å². The van der Waals surface area contributed by atoms with Crippen LogP contribution in [-0.2, 0) is 16.0 Å². The zero-order chi connectivity index (χ0) is 12.6. The number of halogens is 1. The molecule has 4 nitrogen and oxygen atoms in total. The summed E-state index contributed by atoms with van der Waals surface area (Å²) >= 11 is 3.34. The Morgan fingerprint density at radius 2 is 2.24 bits per heavy atom. The molecule has 2 rings (SSSR count). The van der Waals surface area contributed by atoms with Crippen molar-refractivity contribution in [3.05, 3.63) is 33.9 Å². The third-order valence-corrected chi connectivity index (χ3v) is 3.27. The predicted molar refractivity (Wildman–Crippen MR) is 67.9 cm³/mol. The van der Waals surface area contributed by atoms with E-state index in [1.54, 1.807) is 13.0 Å². The van der Waals surface area contributed by atoms with Crippen molar-refractivity contribution in [1.82, 2.24) is 4.57 Å². The summed E-state index contributed by atoms with van der Waals surface area (Å²) in [5.74, 6) is -0.905. The Hall–Kier alpha value is -1.62. The molecule has 0 saturated heterocycles. The molecule has 1 aromatic carbocycles. The molecule has 0 saturated carbocycles. The van der Waals surface area contributed by atoms with E-state index in [4.69, 9.17) is 5.11 Å². The van der Waals surface area contributed by atoms with Crippen LogP contribution in [0.2, 0.25) is 0 Å². The summed E-state index contributed by atoms with van der Waals surface area (Å²) < 4.78 is 2.33. The van der Waals surface area contributed by atoms with Gasteiger partial charge in [-0.25, -0.2) is 0 Å². The van der Waals surface area contributed by atoms with Crippen LogP contribution in [0, 0.1) is 6.92 Å². The maximum absolute atomic E-state index is 11.0. The lowest BCUT2D eigenvalue weighted by Gasteiger charge is -1.97. The number of aromatic nitrogens is 1. The maximum atomic E-state index is 11.0. The zero-order valence-corrected chi connectivity index (χ0v) is 10.7. The summed E-state index contributed by atoms with van der Waals surface area (Å²) in [6.45, 7) is 1.75. The lowest BCUT2D eigenvalue weighted by Crippen LogP contribution is -2.03. The quantitative estimate of drug-likeness (QED) is 0.885. The third-order valence-electron chi connectivity index (χ3n) is 2.77. The highest BCUT2D eigenvalue weighted by Gasteiger charge is 2.16. The van der Waals surface area contributed by atoms with Crippen LogP contribution >= 0.6 is 15.9 Å². The van der Waals surface area contributed by atoms with Gasteiger partial charge in [0.1, 0.15) is 0 Å². The van der Waals surface area contributed by atoms with E-state index < -0.39 is 5.97 Å². The number of aliphatic carboxylic acids is 1. The third kappa shape index (κ3) is 1.98. The van der Waals surface area contributed by atoms with Crippen LogP contribution in [-0.4, -0.2) is 22.1 Å². The average molecular weight is 296 g/mol. The molecule has 0 amide bonds. The van der Waals surface area contributed by atoms with Gasteiger partial charge in [-0.2, -0.15) is 0 Å². The standard InChI is InChI=1S/C12H10BrNO3/c1-7-9(5-12(16)17)10-4-8(13)2-3-11(10)14(7)6-15/h2-4,6H,5H2,1H3,(H,16,17). The molecule has 0 aliphatic carbocycles. The van der Waals surface area contributed by atoms with Crippen molar-refractivity contribution in [3.63, 3.8) is 0 Å². The van der Waals surface area contributed by atoms with Crippen LogP contribution in [0.1, 0.15) is 11.3 Å². The van der Waals surface area contributed by atoms with Crippen molar-refractivity contribution < 1.29 is 14.7 Å². The van der Waals surface area contributed by atoms with E-state index in [0.717, 1.165) is 15.4 Å². The van der Waals surface area contributed by atoms with Gasteiger partial charge in [0.05, 0.1) is 11.9 Å². The number of fused-ring (bicyclic) bond motifs is 1. The molecule has 17 heavy (non-hydrogen) atoms. The Balaban J connectivity index is 2.80. The number of nitrogens with zero attached hydrogens (tertiary/aromatic N) is 1. The van der Waals surface area contributed by atoms with E-state index >= 15 is 0 Å². The van der Waals surface area contributed by atoms with Crippen molar-refractivity contribution in [3.8, 4) is 0 Å². The predicted octanol–water partition coefficient (Wildman–Crippen LogP) is 2.38. The molecule has 1 heterocycles. The fraction of sp³-hybridized carbons (Fsp3) is 0.167. The second-order valence-corrected chi connectivity index (χ2v) is 4.69. The molecule has 0 fully saturated rings. The molecular formula is C12H10BrNO3. The maximum Gasteiger partial charge on any atom is 0.307 e. The molecule has 0 spiro atoms. The second kappa shape index (κ2) is 4.33. The summed E-state index contributed by atoms with van der Waals surface area (Å²) in [6.07, 6.45) is 0.622. The van der Waals surface area contributed by atoms with Crippen molar-refractivity contribution in [2.45, 2.75) is 13.3 Å². The topological polar surface area (TPSA) is 59.3 Å². The number of carboxylic acid groups (broad SMARTS) is 1. The number of carbonyl (C=O) groups is 2. The lowest BCUT2D eigenvalue weighted by atomic mass is 10.1. The Morgan fingerprint density at radius 3 is 2.82 bits per heavy atom. The van der Waals surface area contributed by atoms with Crippen LogP contribution < -0.4 is 0 Å². The van der Waals surface area contributed by atoms with Gasteiger partial charge in [-0.05, 0) is 30.7 Å². The summed E-state index contributed by atoms with van der Waals surface area (Å²) in [7, 11) is 0. The van der Waals surface area contributed by atoms with Gasteiger partial charge >= 0.3 is 5.97 Å². The van der Waals surface area contributed by atoms with E-state index in [0.29, 0.717) is 17.7 Å². The number of hydrogen-bond donors (Lipinski definition) is 1. The van der Waals surface area contributed by atoms with E-state index in [2.05, 4.69) is 15.9 Å². The first-order valence-corrected chi connectivity index (χ1v) is 5.80. The molecule has 1 aromatic heterocycles. The summed E-state index contributed by atoms with van der Waals surface area (Å²) in [5, 5.41) is 9.69. The zero-order valence-electron chi connectivity index (χ0n) is 9.11. The van der Waals surface area contributed by atoms with Crippen LogP contribution in [0.3, 0.4) is 0 Å². The van der Waals surface area contributed by atoms with Gasteiger partial charge < -0.3 is 5.11 Å². The first kappa shape index (κ1) is 11.9. The number of carbonyl (C=O) groups excluding carboxylic acids is 1. The minimum absolute atomic E-state index is 0.0837. The number of hydrogen-bond acceptors (Lipinski definition) is 2. The fourth-order valence-corrected chi connectivity index (χ4v) is 2.35. The Morgan fingerprint density at radius 1 is 1.53 bits per heavy atom. The second-order valence-electron chi connectivity index (χ2n) is 3.77. The monoisotopic (exact) mass is 295 g/mol. The normalized spacial score (nSPS) is 10.7. The Labute approximate surface area is 106 Å². The highest BCUT2D eigenvalue weighted by Crippen LogP contribution is 2.28. The molecule has 0 aliphatic rings. The van der Waals surface area contributed by atoms with Crippen LogP contribution in [0.4, 0.5) is 0 Å². The van der Waals surface area contributed by atoms with Gasteiger partial charge in [0.25, 0.3) is 0 Å². The van der Waals surface area contributed by atoms with Crippen molar-refractivity contribution in [1.29, 1.82) is 0 Å². The Kier molecular flexibility index (Phi) is 3.02. The minimum Gasteiger partial charge on any atom is -0.481 e. The molecule has 5 heteroatoms. The smallest absolute Gasteiger partial charge is 0.307 e. The molecule has 0 aliphatic heterocycles. The summed E-state index contributed by atoms with van der Waals surface area (Å²) in [5.41, 5.74) is 2.09. The minimum atomic E-state index is -0.905. The van der Waals surface area contributed by atoms with Gasteiger partial charge in [0, 0.05) is 15.6 Å². The highest BCUT2D eigenvalue weighted by molar-refractivity contribution is 9.10. The fourth-order valence-electron chi connectivity index (χ4n) is 1.99. The molecule has 0 atom stereocenters. The Bertz CT molecular complexity index is 616. The van der Waals surface area contributed by atoms with Gasteiger partial charge in [-0.15, -0.1) is 0 Å². The molecule has 2 aromatic rings. The molecule has 0 bridgehead atoms. The van der Waals surface area contributed by atoms with E-state index in [1.165, 1.54) is 4.57 Å². The molecule has 88 valence electrons. The summed E-state index contributed by atoms with van der Waals surface area (Å²) in [6, 6.07) is 5.46. The SMILES string of the molecule is Cc1c(CC(=O)O)c2cc(Br)ccc2n1C=O. The highest BCUT2D eigenvalue weighted by atomic mass is 79.9. The molecule has 1 N–H and O–H groups in total. The number of carboxylic acids is 1. The number of benzene rings is 1. The van der Waals surface area contributed by atoms with Gasteiger partial charge in [-0.1, -0.05) is 15.9 Å². The first-order valence-electron chi connectivity index (χ1n) is 5.00. The van der Waals surface area contributed by atoms with Gasteiger partial charge in [0.15, 0.2) is 0 Å². The molecule has 0 radical (unpaired) electrons. The average Bonchev–Trinajstić information content (AvgIpc) is 2.51. The van der Waals surface area contributed by atoms with Crippen LogP contribution in [0.25, 0.3) is 10.9 Å². The van der Waals surface area contributed by atoms with Crippen molar-refractivity contribution in [2.24, 2.45) is 0 Å². The van der Waals surface area contributed by atoms with Crippen molar-refractivity contribution >= 4 is 39.2 Å².